The maximum atomic E-state index is 12.0. The molecule has 0 atom stereocenters. The van der Waals surface area contributed by atoms with Gasteiger partial charge in [0, 0.05) is 6.54 Å². The number of hydrogen-bond acceptors (Lipinski definition) is 4. The Morgan fingerprint density at radius 3 is 2.32 bits per heavy atom. The van der Waals surface area contributed by atoms with Gasteiger partial charge < -0.3 is 5.32 Å². The molecule has 0 aliphatic rings. The number of carbonyl (C=O) groups is 1. The molecule has 0 spiro atoms. The van der Waals surface area contributed by atoms with Crippen LogP contribution in [0.5, 0.6) is 0 Å². The van der Waals surface area contributed by atoms with Gasteiger partial charge in [-0.2, -0.15) is 5.26 Å². The van der Waals surface area contributed by atoms with E-state index in [1.165, 1.54) is 0 Å². The second-order valence-electron chi connectivity index (χ2n) is 5.77. The van der Waals surface area contributed by atoms with Crippen LogP contribution in [0.3, 0.4) is 0 Å². The predicted molar refractivity (Wildman–Crippen MR) is 96.4 cm³/mol. The smallest absolute Gasteiger partial charge is 0.235 e. The molecule has 0 aromatic heterocycles. The van der Waals surface area contributed by atoms with Crippen molar-refractivity contribution in [2.45, 2.75) is 19.4 Å². The highest BCUT2D eigenvalue weighted by Gasteiger charge is 2.16. The number of rotatable bonds is 8. The van der Waals surface area contributed by atoms with Crippen molar-refractivity contribution < 1.29 is 13.2 Å². The second kappa shape index (κ2) is 9.00. The van der Waals surface area contributed by atoms with Gasteiger partial charge >= 0.3 is 0 Å². The quantitative estimate of drug-likeness (QED) is 0.786. The van der Waals surface area contributed by atoms with E-state index in [4.69, 9.17) is 5.26 Å². The van der Waals surface area contributed by atoms with Crippen molar-refractivity contribution in [3.63, 3.8) is 0 Å². The Morgan fingerprint density at radius 1 is 1.00 bits per heavy atom. The molecule has 0 radical (unpaired) electrons. The van der Waals surface area contributed by atoms with Gasteiger partial charge in [-0.1, -0.05) is 42.5 Å². The molecule has 1 amide bonds. The number of nitrogens with one attached hydrogen (secondary N) is 1. The molecule has 0 aliphatic carbocycles. The second-order valence-corrected chi connectivity index (χ2v) is 7.95. The zero-order valence-electron chi connectivity index (χ0n) is 13.8. The van der Waals surface area contributed by atoms with Crippen LogP contribution in [-0.2, 0) is 27.6 Å². The average Bonchev–Trinajstić information content (AvgIpc) is 2.61. The summed E-state index contributed by atoms with van der Waals surface area (Å²) in [5.41, 5.74) is 2.44. The van der Waals surface area contributed by atoms with Crippen LogP contribution in [-0.4, -0.2) is 25.8 Å². The molecular weight excluding hydrogens is 336 g/mol. The number of nitriles is 1. The van der Waals surface area contributed by atoms with Crippen LogP contribution < -0.4 is 5.32 Å². The summed E-state index contributed by atoms with van der Waals surface area (Å²) in [6.45, 7) is 0.240. The number of sulfone groups is 1. The lowest BCUT2D eigenvalue weighted by atomic mass is 10.1. The first-order valence-electron chi connectivity index (χ1n) is 7.98. The molecule has 5 nitrogen and oxygen atoms in total. The van der Waals surface area contributed by atoms with Crippen LogP contribution in [0.25, 0.3) is 0 Å². The standard InChI is InChI=1S/C19H20N2O3S/c20-13-17-8-10-18(11-9-17)14-21-19(22)15-25(23,24)12-4-7-16-5-2-1-3-6-16/h1-3,5-6,8-11H,4,7,12,14-15H2,(H,21,22). The molecule has 0 aliphatic heterocycles. The van der Waals surface area contributed by atoms with Crippen LogP contribution in [0.2, 0.25) is 0 Å². The molecule has 0 bridgehead atoms. The molecule has 2 rings (SSSR count). The zero-order chi connectivity index (χ0) is 18.1. The highest BCUT2D eigenvalue weighted by molar-refractivity contribution is 7.92. The van der Waals surface area contributed by atoms with E-state index in [1.807, 2.05) is 36.4 Å². The minimum absolute atomic E-state index is 0.00776. The van der Waals surface area contributed by atoms with Crippen molar-refractivity contribution in [2.75, 3.05) is 11.5 Å². The predicted octanol–water partition coefficient (Wildman–Crippen LogP) is 2.22. The van der Waals surface area contributed by atoms with Gasteiger partial charge in [0.25, 0.3) is 0 Å². The molecule has 2 aromatic carbocycles. The summed E-state index contributed by atoms with van der Waals surface area (Å²) in [4.78, 5) is 11.8. The largest absolute Gasteiger partial charge is 0.351 e. The average molecular weight is 356 g/mol. The van der Waals surface area contributed by atoms with Crippen LogP contribution in [0.1, 0.15) is 23.1 Å². The van der Waals surface area contributed by atoms with Crippen LogP contribution in [0.4, 0.5) is 0 Å². The lowest BCUT2D eigenvalue weighted by Gasteiger charge is -2.07. The highest BCUT2D eigenvalue weighted by Crippen LogP contribution is 2.05. The maximum absolute atomic E-state index is 12.0. The molecule has 0 fully saturated rings. The molecule has 0 heterocycles. The zero-order valence-corrected chi connectivity index (χ0v) is 14.6. The van der Waals surface area contributed by atoms with E-state index in [9.17, 15) is 13.2 Å². The third-order valence-corrected chi connectivity index (χ3v) is 5.30. The first-order chi connectivity index (χ1) is 12.0. The van der Waals surface area contributed by atoms with Crippen LogP contribution >= 0.6 is 0 Å². The molecule has 25 heavy (non-hydrogen) atoms. The number of aryl methyl sites for hydroxylation is 1. The molecule has 2 aromatic rings. The fraction of sp³-hybridized carbons (Fsp3) is 0.263. The maximum Gasteiger partial charge on any atom is 0.235 e. The third kappa shape index (κ3) is 6.77. The van der Waals surface area contributed by atoms with Crippen molar-refractivity contribution in [2.24, 2.45) is 0 Å². The Labute approximate surface area is 148 Å². The number of benzene rings is 2. The first-order valence-corrected chi connectivity index (χ1v) is 9.81. The van der Waals surface area contributed by atoms with Crippen LogP contribution in [0.15, 0.2) is 54.6 Å². The molecule has 130 valence electrons. The Balaban J connectivity index is 1.75. The van der Waals surface area contributed by atoms with E-state index in [0.29, 0.717) is 18.4 Å². The van der Waals surface area contributed by atoms with E-state index in [-0.39, 0.29) is 12.3 Å². The van der Waals surface area contributed by atoms with Gasteiger partial charge in [-0.15, -0.1) is 0 Å². The van der Waals surface area contributed by atoms with Crippen molar-refractivity contribution in [1.29, 1.82) is 5.26 Å². The summed E-state index contributed by atoms with van der Waals surface area (Å²) in [6.07, 6.45) is 1.17. The monoisotopic (exact) mass is 356 g/mol. The third-order valence-electron chi connectivity index (χ3n) is 3.69. The Morgan fingerprint density at radius 2 is 1.68 bits per heavy atom. The van der Waals surface area contributed by atoms with E-state index in [1.54, 1.807) is 24.3 Å². The van der Waals surface area contributed by atoms with Crippen LogP contribution in [0, 0.1) is 11.3 Å². The Kier molecular flexibility index (Phi) is 6.72. The topological polar surface area (TPSA) is 87.0 Å². The summed E-state index contributed by atoms with van der Waals surface area (Å²) < 4.78 is 24.1. The number of carbonyl (C=O) groups excluding carboxylic acids is 1. The SMILES string of the molecule is N#Cc1ccc(CNC(=O)CS(=O)(=O)CCCc2ccccc2)cc1. The van der Waals surface area contributed by atoms with Gasteiger partial charge in [0.1, 0.15) is 5.75 Å². The summed E-state index contributed by atoms with van der Waals surface area (Å²) in [5.74, 6) is -1.02. The Hall–Kier alpha value is -2.65. The van der Waals surface area contributed by atoms with E-state index >= 15 is 0 Å². The minimum atomic E-state index is -3.42. The van der Waals surface area contributed by atoms with E-state index in [0.717, 1.165) is 11.1 Å². The molecular formula is C19H20N2O3S. The number of amides is 1. The molecule has 1 N–H and O–H groups in total. The first kappa shape index (κ1) is 18.7. The number of hydrogen-bond donors (Lipinski definition) is 1. The molecule has 0 saturated heterocycles. The molecule has 0 unspecified atom stereocenters. The van der Waals surface area contributed by atoms with Gasteiger partial charge in [0.15, 0.2) is 9.84 Å². The summed E-state index contributed by atoms with van der Waals surface area (Å²) in [7, 11) is -3.42. The van der Waals surface area contributed by atoms with Gasteiger partial charge in [-0.3, -0.25) is 4.79 Å². The Bertz CT molecular complexity index is 838. The van der Waals surface area contributed by atoms with Gasteiger partial charge in [-0.05, 0) is 36.1 Å². The molecule has 6 heteroatoms. The highest BCUT2D eigenvalue weighted by atomic mass is 32.2. The van der Waals surface area contributed by atoms with Gasteiger partial charge in [-0.25, -0.2) is 8.42 Å². The van der Waals surface area contributed by atoms with Crippen molar-refractivity contribution in [1.82, 2.24) is 5.32 Å². The van der Waals surface area contributed by atoms with Crippen molar-refractivity contribution in [3.05, 3.63) is 71.3 Å². The fourth-order valence-corrected chi connectivity index (χ4v) is 3.59. The van der Waals surface area contributed by atoms with Crippen molar-refractivity contribution in [3.8, 4) is 6.07 Å². The van der Waals surface area contributed by atoms with Crippen molar-refractivity contribution >= 4 is 15.7 Å². The summed E-state index contributed by atoms with van der Waals surface area (Å²) >= 11 is 0. The lowest BCUT2D eigenvalue weighted by Crippen LogP contribution is -2.31. The molecule has 0 saturated carbocycles. The minimum Gasteiger partial charge on any atom is -0.351 e. The van der Waals surface area contributed by atoms with E-state index < -0.39 is 21.5 Å². The number of nitrogens with zero attached hydrogens (tertiary/aromatic N) is 1. The lowest BCUT2D eigenvalue weighted by molar-refractivity contribution is -0.118. The summed E-state index contributed by atoms with van der Waals surface area (Å²) in [6, 6.07) is 18.4. The summed E-state index contributed by atoms with van der Waals surface area (Å²) in [5, 5.41) is 11.3. The van der Waals surface area contributed by atoms with Gasteiger partial charge in [0.05, 0.1) is 17.4 Å². The normalized spacial score (nSPS) is 10.8. The van der Waals surface area contributed by atoms with Gasteiger partial charge in [0.2, 0.25) is 5.91 Å². The van der Waals surface area contributed by atoms with E-state index in [2.05, 4.69) is 5.32 Å². The fourth-order valence-electron chi connectivity index (χ4n) is 2.36.